The second-order valence-corrected chi connectivity index (χ2v) is 9.46. The normalized spacial score (nSPS) is 15.8. The lowest BCUT2D eigenvalue weighted by molar-refractivity contribution is -0.148. The van der Waals surface area contributed by atoms with Gasteiger partial charge in [-0.25, -0.2) is 18.0 Å². The number of carboxylic acids is 1. The van der Waals surface area contributed by atoms with E-state index in [1.54, 1.807) is 18.2 Å². The van der Waals surface area contributed by atoms with Crippen molar-refractivity contribution in [3.8, 4) is 0 Å². The molecule has 3 N–H and O–H groups in total. The minimum atomic E-state index is -2.08. The Labute approximate surface area is 228 Å². The van der Waals surface area contributed by atoms with Crippen LogP contribution >= 0.6 is 0 Å². The average molecular weight is 552 g/mol. The number of hydrogen-bond acceptors (Lipinski definition) is 4. The predicted octanol–water partition coefficient (Wildman–Crippen LogP) is 4.83. The number of rotatable bonds is 5. The number of nitrogens with zero attached hydrogens (tertiary/aromatic N) is 1. The average Bonchev–Trinajstić information content (AvgIpc) is 3.26. The van der Waals surface area contributed by atoms with Gasteiger partial charge in [-0.3, -0.25) is 9.59 Å². The Morgan fingerprint density at radius 2 is 1.49 bits per heavy atom. The summed E-state index contributed by atoms with van der Waals surface area (Å²) in [5.41, 5.74) is -1.76. The van der Waals surface area contributed by atoms with Crippen molar-refractivity contribution in [1.29, 1.82) is 0 Å². The number of alkyl halides is 1. The molecule has 7 nitrogen and oxygen atoms in total. The van der Waals surface area contributed by atoms with Crippen molar-refractivity contribution >= 4 is 17.8 Å². The van der Waals surface area contributed by atoms with Crippen molar-refractivity contribution in [2.75, 3.05) is 32.7 Å². The number of benzene rings is 2. The highest BCUT2D eigenvalue weighted by molar-refractivity contribution is 5.94. The molecule has 1 spiro atoms. The van der Waals surface area contributed by atoms with E-state index in [1.807, 2.05) is 13.8 Å². The quantitative estimate of drug-likeness (QED) is 0.495. The maximum Gasteiger partial charge on any atom is 0.340 e. The summed E-state index contributed by atoms with van der Waals surface area (Å²) in [4.78, 5) is 35.8. The molecular formula is C29H40F3N3O4. The van der Waals surface area contributed by atoms with E-state index in [0.29, 0.717) is 12.1 Å². The van der Waals surface area contributed by atoms with Crippen LogP contribution in [0.3, 0.4) is 0 Å². The first kappa shape index (κ1) is 33.6. The number of halogens is 3. The fraction of sp³-hybridized carbons (Fsp3) is 0.483. The fourth-order valence-corrected chi connectivity index (χ4v) is 3.84. The molecule has 216 valence electrons. The molecule has 2 saturated heterocycles. The molecule has 2 aliphatic rings. The van der Waals surface area contributed by atoms with E-state index in [4.69, 9.17) is 5.11 Å². The molecule has 0 radical (unpaired) electrons. The van der Waals surface area contributed by atoms with Crippen LogP contribution in [0.15, 0.2) is 54.6 Å². The van der Waals surface area contributed by atoms with Crippen LogP contribution in [0, 0.1) is 17.0 Å². The fourth-order valence-electron chi connectivity index (χ4n) is 3.84. The second-order valence-electron chi connectivity index (χ2n) is 9.46. The van der Waals surface area contributed by atoms with Crippen LogP contribution in [-0.4, -0.2) is 66.2 Å². The lowest BCUT2D eigenvalue weighted by Crippen LogP contribution is -2.46. The van der Waals surface area contributed by atoms with Crippen molar-refractivity contribution in [2.24, 2.45) is 5.41 Å². The number of hydrogen-bond donors (Lipinski definition) is 3. The molecule has 0 saturated carbocycles. The molecule has 10 heteroatoms. The molecule has 2 aliphatic heterocycles. The zero-order chi connectivity index (χ0) is 29.5. The van der Waals surface area contributed by atoms with Gasteiger partial charge >= 0.3 is 5.97 Å². The molecule has 0 bridgehead atoms. The highest BCUT2D eigenvalue weighted by Gasteiger charge is 2.44. The monoisotopic (exact) mass is 551 g/mol. The molecule has 2 amide bonds. The molecule has 0 unspecified atom stereocenters. The Hall–Kier alpha value is -3.40. The van der Waals surface area contributed by atoms with Crippen molar-refractivity contribution in [2.45, 2.75) is 52.6 Å². The van der Waals surface area contributed by atoms with Crippen LogP contribution in [0.2, 0.25) is 0 Å². The third-order valence-electron chi connectivity index (χ3n) is 6.25. The summed E-state index contributed by atoms with van der Waals surface area (Å²) in [6.07, 6.45) is 2.73. The number of nitrogens with one attached hydrogen (secondary N) is 2. The van der Waals surface area contributed by atoms with Crippen molar-refractivity contribution in [3.63, 3.8) is 0 Å². The van der Waals surface area contributed by atoms with Gasteiger partial charge in [0.1, 0.15) is 11.6 Å². The lowest BCUT2D eigenvalue weighted by Gasteiger charge is -2.37. The Kier molecular flexibility index (Phi) is 14.3. The van der Waals surface area contributed by atoms with Gasteiger partial charge in [-0.05, 0) is 82.6 Å². The van der Waals surface area contributed by atoms with Crippen LogP contribution in [0.4, 0.5) is 13.2 Å². The molecule has 2 heterocycles. The van der Waals surface area contributed by atoms with Gasteiger partial charge in [0.15, 0.2) is 0 Å². The maximum absolute atomic E-state index is 12.8. The molecule has 2 fully saturated rings. The summed E-state index contributed by atoms with van der Waals surface area (Å²) in [7, 11) is 0. The standard InChI is InChI=1S/C17H22FN3O2.C6H5F.C4H7FO2.C2H6/c18-14-3-1-13(2-4-14)15(22)19-9-12-21-10-6-17(7-11-21)5-8-20-16(17)23;7-6-4-2-1-3-5-6;1-4(2,5)3(6)7;1-2/h1-4H,5-12H2,(H,19,22)(H,20,23);1-5H;1-2H3,(H,6,7);1-2H3. The second kappa shape index (κ2) is 16.5. The van der Waals surface area contributed by atoms with Gasteiger partial charge in [0, 0.05) is 25.2 Å². The zero-order valence-electron chi connectivity index (χ0n) is 23.1. The number of piperidine rings is 1. The first-order valence-electron chi connectivity index (χ1n) is 13.1. The third kappa shape index (κ3) is 11.9. The summed E-state index contributed by atoms with van der Waals surface area (Å²) in [5.74, 6) is -1.93. The number of likely N-dealkylation sites (tertiary alicyclic amines) is 1. The molecule has 0 atom stereocenters. The number of carboxylic acid groups (broad SMARTS) is 1. The molecule has 0 aliphatic carbocycles. The van der Waals surface area contributed by atoms with Gasteiger partial charge in [-0.15, -0.1) is 0 Å². The Bertz CT molecular complexity index is 1020. The zero-order valence-corrected chi connectivity index (χ0v) is 23.1. The van der Waals surface area contributed by atoms with Crippen LogP contribution < -0.4 is 10.6 Å². The highest BCUT2D eigenvalue weighted by atomic mass is 19.1. The van der Waals surface area contributed by atoms with Gasteiger partial charge in [0.25, 0.3) is 5.91 Å². The van der Waals surface area contributed by atoms with E-state index in [1.165, 1.54) is 36.4 Å². The van der Waals surface area contributed by atoms with E-state index in [0.717, 1.165) is 59.3 Å². The smallest absolute Gasteiger partial charge is 0.340 e. The number of carbonyl (C=O) groups is 3. The number of carbonyl (C=O) groups excluding carboxylic acids is 2. The van der Waals surface area contributed by atoms with Gasteiger partial charge in [0.05, 0.1) is 5.41 Å². The van der Waals surface area contributed by atoms with E-state index < -0.39 is 11.6 Å². The van der Waals surface area contributed by atoms with E-state index in [-0.39, 0.29) is 28.9 Å². The molecule has 39 heavy (non-hydrogen) atoms. The van der Waals surface area contributed by atoms with Crippen LogP contribution in [0.25, 0.3) is 0 Å². The third-order valence-corrected chi connectivity index (χ3v) is 6.25. The number of aliphatic carboxylic acids is 1. The van der Waals surface area contributed by atoms with Crippen LogP contribution in [-0.2, 0) is 9.59 Å². The Morgan fingerprint density at radius 3 is 1.90 bits per heavy atom. The SMILES string of the molecule is CC.CC(C)(F)C(=O)O.Fc1ccccc1.O=C(NCCN1CCC2(CCNC2=O)CC1)c1ccc(F)cc1. The molecule has 2 aromatic carbocycles. The van der Waals surface area contributed by atoms with Crippen molar-refractivity contribution in [3.05, 3.63) is 71.8 Å². The highest BCUT2D eigenvalue weighted by Crippen LogP contribution is 2.37. The van der Waals surface area contributed by atoms with E-state index in [9.17, 15) is 27.6 Å². The molecule has 4 rings (SSSR count). The first-order valence-corrected chi connectivity index (χ1v) is 13.1. The van der Waals surface area contributed by atoms with Gasteiger partial charge in [0.2, 0.25) is 11.6 Å². The largest absolute Gasteiger partial charge is 0.479 e. The topological polar surface area (TPSA) is 98.7 Å². The summed E-state index contributed by atoms with van der Waals surface area (Å²) in [6.45, 7) is 9.89. The Morgan fingerprint density at radius 1 is 0.974 bits per heavy atom. The van der Waals surface area contributed by atoms with E-state index >= 15 is 0 Å². The minimum Gasteiger partial charge on any atom is -0.479 e. The summed E-state index contributed by atoms with van der Waals surface area (Å²) in [5, 5.41) is 13.7. The van der Waals surface area contributed by atoms with Crippen molar-refractivity contribution in [1.82, 2.24) is 15.5 Å². The Balaban J connectivity index is 0.000000389. The van der Waals surface area contributed by atoms with Crippen molar-refractivity contribution < 1.29 is 32.7 Å². The predicted molar refractivity (Wildman–Crippen MR) is 145 cm³/mol. The summed E-state index contributed by atoms with van der Waals surface area (Å²) >= 11 is 0. The summed E-state index contributed by atoms with van der Waals surface area (Å²) in [6, 6.07) is 13.5. The molecular weight excluding hydrogens is 511 g/mol. The van der Waals surface area contributed by atoms with Gasteiger partial charge in [-0.2, -0.15) is 0 Å². The van der Waals surface area contributed by atoms with Crippen LogP contribution in [0.1, 0.15) is 57.3 Å². The maximum atomic E-state index is 12.8. The van der Waals surface area contributed by atoms with E-state index in [2.05, 4.69) is 15.5 Å². The van der Waals surface area contributed by atoms with Gasteiger partial charge in [-0.1, -0.05) is 32.0 Å². The summed E-state index contributed by atoms with van der Waals surface area (Å²) < 4.78 is 36.7. The van der Waals surface area contributed by atoms with Gasteiger partial charge < -0.3 is 20.6 Å². The lowest BCUT2D eigenvalue weighted by atomic mass is 9.77. The molecule has 0 aromatic heterocycles. The van der Waals surface area contributed by atoms with Crippen LogP contribution in [0.5, 0.6) is 0 Å². The minimum absolute atomic E-state index is 0.145. The first-order chi connectivity index (χ1) is 18.4. The molecule has 2 aromatic rings. The number of amides is 2.